The summed E-state index contributed by atoms with van der Waals surface area (Å²) in [6.45, 7) is 2.13. The molecule has 0 aliphatic heterocycles. The van der Waals surface area contributed by atoms with Gasteiger partial charge in [0.25, 0.3) is 0 Å². The Hall–Kier alpha value is -2.76. The van der Waals surface area contributed by atoms with Crippen molar-refractivity contribution >= 4 is 17.7 Å². The fourth-order valence-corrected chi connectivity index (χ4v) is 1.91. The Balaban J connectivity index is 1.85. The van der Waals surface area contributed by atoms with E-state index in [1.807, 2.05) is 6.07 Å². The standard InChI is InChI=1S/C15H16N2O4/c1-10-9-11(4-5-13(10)14(18)19)17-15(20)16-7-6-12-3-2-8-21-12/h2-5,8-9H,6-7H2,1H3,(H,18,19)(H2,16,17,20). The maximum atomic E-state index is 11.7. The Labute approximate surface area is 121 Å². The summed E-state index contributed by atoms with van der Waals surface area (Å²) in [5, 5.41) is 14.3. The Morgan fingerprint density at radius 2 is 2.10 bits per heavy atom. The number of amides is 2. The lowest BCUT2D eigenvalue weighted by Crippen LogP contribution is -2.30. The van der Waals surface area contributed by atoms with E-state index >= 15 is 0 Å². The number of furan rings is 1. The van der Waals surface area contributed by atoms with Crippen LogP contribution in [0, 0.1) is 6.92 Å². The van der Waals surface area contributed by atoms with Gasteiger partial charge in [-0.1, -0.05) is 0 Å². The molecule has 2 amide bonds. The highest BCUT2D eigenvalue weighted by atomic mass is 16.4. The maximum Gasteiger partial charge on any atom is 0.335 e. The molecule has 21 heavy (non-hydrogen) atoms. The second-order valence-corrected chi connectivity index (χ2v) is 4.55. The van der Waals surface area contributed by atoms with Crippen molar-refractivity contribution in [2.75, 3.05) is 11.9 Å². The minimum atomic E-state index is -0.984. The van der Waals surface area contributed by atoms with Crippen molar-refractivity contribution in [1.29, 1.82) is 0 Å². The van der Waals surface area contributed by atoms with Crippen LogP contribution in [-0.4, -0.2) is 23.7 Å². The second-order valence-electron chi connectivity index (χ2n) is 4.55. The minimum absolute atomic E-state index is 0.221. The predicted octanol–water partition coefficient (Wildman–Crippen LogP) is 2.65. The number of urea groups is 1. The van der Waals surface area contributed by atoms with Crippen LogP contribution in [0.1, 0.15) is 21.7 Å². The molecule has 3 N–H and O–H groups in total. The second kappa shape index (κ2) is 6.60. The van der Waals surface area contributed by atoms with Gasteiger partial charge in [0.15, 0.2) is 0 Å². The number of hydrogen-bond acceptors (Lipinski definition) is 3. The molecule has 6 heteroatoms. The van der Waals surface area contributed by atoms with Crippen LogP contribution in [0.2, 0.25) is 0 Å². The third-order valence-electron chi connectivity index (χ3n) is 2.95. The first kappa shape index (κ1) is 14.6. The minimum Gasteiger partial charge on any atom is -0.478 e. The summed E-state index contributed by atoms with van der Waals surface area (Å²) >= 11 is 0. The quantitative estimate of drug-likeness (QED) is 0.788. The van der Waals surface area contributed by atoms with Crippen molar-refractivity contribution < 1.29 is 19.1 Å². The molecule has 1 aromatic heterocycles. The molecule has 0 aliphatic rings. The zero-order chi connectivity index (χ0) is 15.2. The molecular weight excluding hydrogens is 272 g/mol. The van der Waals surface area contributed by atoms with E-state index in [-0.39, 0.29) is 11.6 Å². The molecule has 6 nitrogen and oxygen atoms in total. The SMILES string of the molecule is Cc1cc(NC(=O)NCCc2ccco2)ccc1C(=O)O. The van der Waals surface area contributed by atoms with E-state index in [4.69, 9.17) is 9.52 Å². The van der Waals surface area contributed by atoms with Crippen molar-refractivity contribution in [3.63, 3.8) is 0 Å². The Morgan fingerprint density at radius 3 is 2.71 bits per heavy atom. The summed E-state index contributed by atoms with van der Waals surface area (Å²) in [6.07, 6.45) is 2.19. The number of carboxylic acid groups (broad SMARTS) is 1. The van der Waals surface area contributed by atoms with Crippen molar-refractivity contribution in [2.45, 2.75) is 13.3 Å². The van der Waals surface area contributed by atoms with Crippen LogP contribution in [0.5, 0.6) is 0 Å². The molecule has 0 unspecified atom stereocenters. The summed E-state index contributed by atoms with van der Waals surface area (Å²) in [6, 6.07) is 7.94. The molecule has 1 heterocycles. The third kappa shape index (κ3) is 4.10. The number of hydrogen-bond donors (Lipinski definition) is 3. The summed E-state index contributed by atoms with van der Waals surface area (Å²) in [7, 11) is 0. The van der Waals surface area contributed by atoms with Crippen molar-refractivity contribution in [3.05, 3.63) is 53.5 Å². The number of aryl methyl sites for hydroxylation is 1. The average molecular weight is 288 g/mol. The number of nitrogens with one attached hydrogen (secondary N) is 2. The van der Waals surface area contributed by atoms with Crippen LogP contribution >= 0.6 is 0 Å². The number of carbonyl (C=O) groups excluding carboxylic acids is 1. The van der Waals surface area contributed by atoms with Crippen molar-refractivity contribution in [3.8, 4) is 0 Å². The third-order valence-corrected chi connectivity index (χ3v) is 2.95. The fourth-order valence-electron chi connectivity index (χ4n) is 1.91. The normalized spacial score (nSPS) is 10.1. The molecule has 0 aliphatic carbocycles. The van der Waals surface area contributed by atoms with Crippen LogP contribution in [0.25, 0.3) is 0 Å². The van der Waals surface area contributed by atoms with Crippen molar-refractivity contribution in [2.24, 2.45) is 0 Å². The van der Waals surface area contributed by atoms with E-state index in [2.05, 4.69) is 10.6 Å². The first-order chi connectivity index (χ1) is 10.1. The predicted molar refractivity (Wildman–Crippen MR) is 77.6 cm³/mol. The lowest BCUT2D eigenvalue weighted by molar-refractivity contribution is 0.0696. The number of aromatic carboxylic acids is 1. The van der Waals surface area contributed by atoms with Crippen LogP contribution in [-0.2, 0) is 6.42 Å². The van der Waals surface area contributed by atoms with E-state index in [1.165, 1.54) is 6.07 Å². The average Bonchev–Trinajstić information content (AvgIpc) is 2.91. The molecule has 2 rings (SSSR count). The Kier molecular flexibility index (Phi) is 4.61. The van der Waals surface area contributed by atoms with E-state index < -0.39 is 5.97 Å². The zero-order valence-corrected chi connectivity index (χ0v) is 11.6. The summed E-state index contributed by atoms with van der Waals surface area (Å²) in [5.41, 5.74) is 1.36. The molecule has 0 saturated carbocycles. The van der Waals surface area contributed by atoms with Crippen LogP contribution in [0.3, 0.4) is 0 Å². The lowest BCUT2D eigenvalue weighted by Gasteiger charge is -2.09. The number of carbonyl (C=O) groups is 2. The highest BCUT2D eigenvalue weighted by molar-refractivity contribution is 5.92. The van der Waals surface area contributed by atoms with E-state index in [0.717, 1.165) is 5.76 Å². The van der Waals surface area contributed by atoms with Crippen LogP contribution in [0.15, 0.2) is 41.0 Å². The van der Waals surface area contributed by atoms with Gasteiger partial charge in [-0.15, -0.1) is 0 Å². The molecular formula is C15H16N2O4. The Bertz CT molecular complexity index is 635. The molecule has 0 bridgehead atoms. The van der Waals surface area contributed by atoms with Gasteiger partial charge in [0.1, 0.15) is 5.76 Å². The molecule has 0 atom stereocenters. The topological polar surface area (TPSA) is 91.6 Å². The lowest BCUT2D eigenvalue weighted by atomic mass is 10.1. The fraction of sp³-hybridized carbons (Fsp3) is 0.200. The van der Waals surface area contributed by atoms with Gasteiger partial charge in [-0.3, -0.25) is 0 Å². The van der Waals surface area contributed by atoms with E-state index in [1.54, 1.807) is 31.4 Å². The Morgan fingerprint density at radius 1 is 1.29 bits per heavy atom. The molecule has 0 spiro atoms. The molecule has 0 fully saturated rings. The van der Waals surface area contributed by atoms with Gasteiger partial charge in [0.05, 0.1) is 11.8 Å². The monoisotopic (exact) mass is 288 g/mol. The number of benzene rings is 1. The van der Waals surface area contributed by atoms with Gasteiger partial charge >= 0.3 is 12.0 Å². The van der Waals surface area contributed by atoms with E-state index in [9.17, 15) is 9.59 Å². The molecule has 1 aromatic carbocycles. The number of anilines is 1. The molecule has 2 aromatic rings. The number of carboxylic acids is 1. The van der Waals surface area contributed by atoms with Gasteiger partial charge in [0, 0.05) is 18.7 Å². The maximum absolute atomic E-state index is 11.7. The summed E-state index contributed by atoms with van der Waals surface area (Å²) < 4.78 is 5.16. The largest absolute Gasteiger partial charge is 0.478 e. The van der Waals surface area contributed by atoms with Crippen molar-refractivity contribution in [1.82, 2.24) is 5.32 Å². The highest BCUT2D eigenvalue weighted by Gasteiger charge is 2.08. The zero-order valence-electron chi connectivity index (χ0n) is 11.6. The first-order valence-electron chi connectivity index (χ1n) is 6.47. The smallest absolute Gasteiger partial charge is 0.335 e. The molecule has 0 radical (unpaired) electrons. The van der Waals surface area contributed by atoms with Gasteiger partial charge in [-0.25, -0.2) is 9.59 Å². The van der Waals surface area contributed by atoms with Gasteiger partial charge in [-0.05, 0) is 42.8 Å². The molecule has 110 valence electrons. The number of rotatable bonds is 5. The van der Waals surface area contributed by atoms with Crippen LogP contribution < -0.4 is 10.6 Å². The highest BCUT2D eigenvalue weighted by Crippen LogP contribution is 2.15. The van der Waals surface area contributed by atoms with Gasteiger partial charge < -0.3 is 20.2 Å². The first-order valence-corrected chi connectivity index (χ1v) is 6.47. The summed E-state index contributed by atoms with van der Waals surface area (Å²) in [5.74, 6) is -0.182. The van der Waals surface area contributed by atoms with E-state index in [0.29, 0.717) is 24.2 Å². The summed E-state index contributed by atoms with van der Waals surface area (Å²) in [4.78, 5) is 22.6. The van der Waals surface area contributed by atoms with Crippen LogP contribution in [0.4, 0.5) is 10.5 Å². The van der Waals surface area contributed by atoms with Gasteiger partial charge in [-0.2, -0.15) is 0 Å². The van der Waals surface area contributed by atoms with Gasteiger partial charge in [0.2, 0.25) is 0 Å². The molecule has 0 saturated heterocycles.